The average Bonchev–Trinajstić information content (AvgIpc) is 3.22. The molecule has 0 N–H and O–H groups in total. The molecule has 1 aliphatic rings. The fraction of sp³-hybridized carbons (Fsp3) is 0.444. The molecule has 0 bridgehead atoms. The highest BCUT2D eigenvalue weighted by Crippen LogP contribution is 2.22. The molecule has 1 aromatic heterocycles. The molecule has 23 heavy (non-hydrogen) atoms. The van der Waals surface area contributed by atoms with Crippen LogP contribution >= 0.6 is 0 Å². The molecular weight excluding hydrogens is 292 g/mol. The smallest absolute Gasteiger partial charge is 0.379 e. The molecule has 0 aliphatic carbocycles. The SMILES string of the molecule is COC(=O)C(=O)c1cn(CCCN2CCCC2)c2ccccc12. The summed E-state index contributed by atoms with van der Waals surface area (Å²) in [6.07, 6.45) is 5.41. The third-order valence-corrected chi connectivity index (χ3v) is 4.48. The Balaban J connectivity index is 1.79. The van der Waals surface area contributed by atoms with E-state index in [1.807, 2.05) is 24.3 Å². The summed E-state index contributed by atoms with van der Waals surface area (Å²) in [5, 5.41) is 0.809. The van der Waals surface area contributed by atoms with Gasteiger partial charge in [-0.15, -0.1) is 0 Å². The van der Waals surface area contributed by atoms with E-state index in [1.54, 1.807) is 6.20 Å². The number of esters is 1. The molecule has 0 radical (unpaired) electrons. The number of hydrogen-bond donors (Lipinski definition) is 0. The van der Waals surface area contributed by atoms with E-state index in [0.717, 1.165) is 30.4 Å². The maximum atomic E-state index is 12.2. The number of carbonyl (C=O) groups is 2. The molecule has 0 saturated carbocycles. The number of carbonyl (C=O) groups excluding carboxylic acids is 2. The van der Waals surface area contributed by atoms with Gasteiger partial charge in [-0.1, -0.05) is 18.2 Å². The minimum absolute atomic E-state index is 0.425. The van der Waals surface area contributed by atoms with Crippen molar-refractivity contribution < 1.29 is 14.3 Å². The van der Waals surface area contributed by atoms with E-state index in [1.165, 1.54) is 33.0 Å². The lowest BCUT2D eigenvalue weighted by Gasteiger charge is -2.14. The zero-order valence-corrected chi connectivity index (χ0v) is 13.5. The number of ether oxygens (including phenoxy) is 1. The summed E-state index contributed by atoms with van der Waals surface area (Å²) in [7, 11) is 1.23. The Hall–Kier alpha value is -2.14. The number of methoxy groups -OCH3 is 1. The lowest BCUT2D eigenvalue weighted by atomic mass is 10.1. The van der Waals surface area contributed by atoms with Crippen LogP contribution in [0.3, 0.4) is 0 Å². The van der Waals surface area contributed by atoms with Gasteiger partial charge in [0.25, 0.3) is 5.78 Å². The maximum Gasteiger partial charge on any atom is 0.379 e. The van der Waals surface area contributed by atoms with E-state index in [-0.39, 0.29) is 0 Å². The van der Waals surface area contributed by atoms with E-state index in [4.69, 9.17) is 0 Å². The normalized spacial score (nSPS) is 15.2. The van der Waals surface area contributed by atoms with Crippen LogP contribution in [-0.4, -0.2) is 48.0 Å². The largest absolute Gasteiger partial charge is 0.463 e. The number of para-hydroxylation sites is 1. The van der Waals surface area contributed by atoms with Crippen molar-refractivity contribution >= 4 is 22.7 Å². The first-order chi connectivity index (χ1) is 11.2. The number of nitrogens with zero attached hydrogens (tertiary/aromatic N) is 2. The van der Waals surface area contributed by atoms with Crippen molar-refractivity contribution in [1.82, 2.24) is 9.47 Å². The molecular formula is C18H22N2O3. The number of likely N-dealkylation sites (tertiary alicyclic amines) is 1. The Bertz CT molecular complexity index is 714. The zero-order chi connectivity index (χ0) is 16.2. The van der Waals surface area contributed by atoms with Crippen LogP contribution in [0.2, 0.25) is 0 Å². The van der Waals surface area contributed by atoms with Crippen LogP contribution in [0.4, 0.5) is 0 Å². The van der Waals surface area contributed by atoms with E-state index in [9.17, 15) is 9.59 Å². The summed E-state index contributed by atoms with van der Waals surface area (Å²) in [5.74, 6) is -1.40. The van der Waals surface area contributed by atoms with Gasteiger partial charge < -0.3 is 14.2 Å². The summed E-state index contributed by atoms with van der Waals surface area (Å²) in [6.45, 7) is 4.30. The molecule has 0 spiro atoms. The van der Waals surface area contributed by atoms with Crippen LogP contribution in [0.15, 0.2) is 30.5 Å². The Morgan fingerprint density at radius 2 is 1.87 bits per heavy atom. The monoisotopic (exact) mass is 314 g/mol. The second-order valence-corrected chi connectivity index (χ2v) is 5.98. The van der Waals surface area contributed by atoms with Gasteiger partial charge in [0, 0.05) is 23.6 Å². The molecule has 0 amide bonds. The molecule has 0 unspecified atom stereocenters. The second kappa shape index (κ2) is 6.96. The van der Waals surface area contributed by atoms with Gasteiger partial charge in [0.2, 0.25) is 0 Å². The molecule has 122 valence electrons. The second-order valence-electron chi connectivity index (χ2n) is 5.98. The zero-order valence-electron chi connectivity index (χ0n) is 13.5. The summed E-state index contributed by atoms with van der Waals surface area (Å²) in [6, 6.07) is 7.69. The number of ketones is 1. The molecule has 5 heteroatoms. The standard InChI is InChI=1S/C18H22N2O3/c1-23-18(22)17(21)15-13-20(16-8-3-2-7-14(15)16)12-6-11-19-9-4-5-10-19/h2-3,7-8,13H,4-6,9-12H2,1H3. The van der Waals surface area contributed by atoms with Gasteiger partial charge in [-0.2, -0.15) is 0 Å². The fourth-order valence-corrected chi connectivity index (χ4v) is 3.29. The van der Waals surface area contributed by atoms with Crippen LogP contribution in [-0.2, 0) is 16.1 Å². The topological polar surface area (TPSA) is 51.5 Å². The molecule has 1 aliphatic heterocycles. The maximum absolute atomic E-state index is 12.2. The lowest BCUT2D eigenvalue weighted by molar-refractivity contribution is -0.135. The molecule has 2 aromatic rings. The lowest BCUT2D eigenvalue weighted by Crippen LogP contribution is -2.21. The van der Waals surface area contributed by atoms with Crippen molar-refractivity contribution in [3.8, 4) is 0 Å². The first-order valence-electron chi connectivity index (χ1n) is 8.13. The predicted octanol–water partition coefficient (Wildman–Crippen LogP) is 2.48. The summed E-state index contributed by atoms with van der Waals surface area (Å²) < 4.78 is 6.64. The number of benzene rings is 1. The van der Waals surface area contributed by atoms with Crippen LogP contribution < -0.4 is 0 Å². The van der Waals surface area contributed by atoms with Crippen molar-refractivity contribution in [3.05, 3.63) is 36.0 Å². The van der Waals surface area contributed by atoms with Crippen LogP contribution in [0, 0.1) is 0 Å². The van der Waals surface area contributed by atoms with Crippen molar-refractivity contribution in [2.24, 2.45) is 0 Å². The molecule has 2 heterocycles. The number of Topliss-reactive ketones (excluding diaryl/α,β-unsaturated/α-hetero) is 1. The Morgan fingerprint density at radius 1 is 1.13 bits per heavy atom. The van der Waals surface area contributed by atoms with E-state index in [0.29, 0.717) is 5.56 Å². The molecule has 1 saturated heterocycles. The number of rotatable bonds is 6. The Labute approximate surface area is 135 Å². The number of aryl methyl sites for hydroxylation is 1. The van der Waals surface area contributed by atoms with Gasteiger partial charge in [-0.25, -0.2) is 4.79 Å². The van der Waals surface area contributed by atoms with Gasteiger partial charge in [-0.05, 0) is 45.0 Å². The van der Waals surface area contributed by atoms with Crippen molar-refractivity contribution in [2.45, 2.75) is 25.8 Å². The third-order valence-electron chi connectivity index (χ3n) is 4.48. The number of fused-ring (bicyclic) bond motifs is 1. The molecule has 1 fully saturated rings. The highest BCUT2D eigenvalue weighted by Gasteiger charge is 2.22. The van der Waals surface area contributed by atoms with Crippen LogP contribution in [0.25, 0.3) is 10.9 Å². The van der Waals surface area contributed by atoms with Crippen molar-refractivity contribution in [3.63, 3.8) is 0 Å². The number of hydrogen-bond acceptors (Lipinski definition) is 4. The van der Waals surface area contributed by atoms with Gasteiger partial charge in [0.15, 0.2) is 0 Å². The Kier molecular flexibility index (Phi) is 4.76. The predicted molar refractivity (Wildman–Crippen MR) is 88.6 cm³/mol. The molecule has 1 aromatic carbocycles. The fourth-order valence-electron chi connectivity index (χ4n) is 3.29. The minimum Gasteiger partial charge on any atom is -0.463 e. The van der Waals surface area contributed by atoms with Gasteiger partial charge >= 0.3 is 5.97 Å². The van der Waals surface area contributed by atoms with Gasteiger partial charge in [0.05, 0.1) is 12.7 Å². The summed E-state index contributed by atoms with van der Waals surface area (Å²) >= 11 is 0. The number of aromatic nitrogens is 1. The van der Waals surface area contributed by atoms with E-state index >= 15 is 0 Å². The van der Waals surface area contributed by atoms with Crippen LogP contribution in [0.5, 0.6) is 0 Å². The van der Waals surface area contributed by atoms with E-state index < -0.39 is 11.8 Å². The van der Waals surface area contributed by atoms with Crippen LogP contribution in [0.1, 0.15) is 29.6 Å². The van der Waals surface area contributed by atoms with E-state index in [2.05, 4.69) is 14.2 Å². The first kappa shape index (κ1) is 15.7. The Morgan fingerprint density at radius 3 is 2.61 bits per heavy atom. The summed E-state index contributed by atoms with van der Waals surface area (Å²) in [5.41, 5.74) is 1.41. The average molecular weight is 314 g/mol. The minimum atomic E-state index is -0.815. The van der Waals surface area contributed by atoms with Gasteiger partial charge in [0.1, 0.15) is 0 Å². The van der Waals surface area contributed by atoms with Gasteiger partial charge in [-0.3, -0.25) is 4.79 Å². The molecule has 3 rings (SSSR count). The van der Waals surface area contributed by atoms with Crippen molar-refractivity contribution in [2.75, 3.05) is 26.7 Å². The summed E-state index contributed by atoms with van der Waals surface area (Å²) in [4.78, 5) is 26.2. The molecule has 5 nitrogen and oxygen atoms in total. The highest BCUT2D eigenvalue weighted by atomic mass is 16.5. The first-order valence-corrected chi connectivity index (χ1v) is 8.13. The van der Waals surface area contributed by atoms with Crippen molar-refractivity contribution in [1.29, 1.82) is 0 Å². The molecule has 0 atom stereocenters. The third kappa shape index (κ3) is 3.29. The quantitative estimate of drug-likeness (QED) is 0.467. The highest BCUT2D eigenvalue weighted by molar-refractivity contribution is 6.42.